The maximum absolute atomic E-state index is 14.8. The molecule has 0 aromatic heterocycles. The SMILES string of the molecule is CC(=O)CCN1CCN(c2ccc(N3CC(CNC(O)=S)OC3=O)cc2F)CC1. The second-order valence-electron chi connectivity index (χ2n) is 7.22. The van der Waals surface area contributed by atoms with Crippen LogP contribution in [-0.2, 0) is 9.53 Å². The number of carbonyl (C=O) groups excluding carboxylic acids is 2. The number of hydrogen-bond donors (Lipinski definition) is 2. The van der Waals surface area contributed by atoms with Gasteiger partial charge in [-0.05, 0) is 37.3 Å². The molecule has 2 saturated heterocycles. The number of cyclic esters (lactones) is 1. The number of thiocarbonyl (C=S) groups is 1. The Morgan fingerprint density at radius 1 is 1.34 bits per heavy atom. The van der Waals surface area contributed by atoms with Crippen LogP contribution in [0.3, 0.4) is 0 Å². The fourth-order valence-electron chi connectivity index (χ4n) is 3.49. The molecule has 0 spiro atoms. The lowest BCUT2D eigenvalue weighted by Gasteiger charge is -2.36. The Balaban J connectivity index is 1.59. The minimum absolute atomic E-state index is 0.173. The Hall–Kier alpha value is -2.46. The second kappa shape index (κ2) is 9.36. The molecule has 3 rings (SSSR count). The van der Waals surface area contributed by atoms with Crippen LogP contribution in [0.1, 0.15) is 13.3 Å². The number of halogens is 1. The third-order valence-electron chi connectivity index (χ3n) is 5.09. The van der Waals surface area contributed by atoms with E-state index in [4.69, 9.17) is 9.84 Å². The number of anilines is 2. The molecule has 2 heterocycles. The van der Waals surface area contributed by atoms with Crippen LogP contribution in [-0.4, -0.2) is 79.0 Å². The average molecular weight is 424 g/mol. The van der Waals surface area contributed by atoms with Crippen molar-refractivity contribution in [2.75, 3.05) is 55.6 Å². The van der Waals surface area contributed by atoms with E-state index in [1.54, 1.807) is 19.1 Å². The van der Waals surface area contributed by atoms with Gasteiger partial charge in [0.25, 0.3) is 5.17 Å². The van der Waals surface area contributed by atoms with Crippen molar-refractivity contribution in [2.45, 2.75) is 19.4 Å². The highest BCUT2D eigenvalue weighted by Gasteiger charge is 2.33. The van der Waals surface area contributed by atoms with E-state index >= 15 is 0 Å². The van der Waals surface area contributed by atoms with E-state index in [0.29, 0.717) is 30.9 Å². The molecule has 0 bridgehead atoms. The first kappa shape index (κ1) is 21.3. The number of hydrogen-bond acceptors (Lipinski definition) is 6. The average Bonchev–Trinajstić information content (AvgIpc) is 3.06. The molecule has 1 aromatic carbocycles. The molecule has 158 valence electrons. The summed E-state index contributed by atoms with van der Waals surface area (Å²) >= 11 is 4.53. The lowest BCUT2D eigenvalue weighted by molar-refractivity contribution is -0.117. The van der Waals surface area contributed by atoms with E-state index in [1.165, 1.54) is 11.0 Å². The maximum atomic E-state index is 14.8. The molecule has 1 unspecified atom stereocenters. The summed E-state index contributed by atoms with van der Waals surface area (Å²) in [5.41, 5.74) is 0.918. The van der Waals surface area contributed by atoms with Crippen molar-refractivity contribution >= 4 is 40.6 Å². The number of aliphatic hydroxyl groups is 1. The standard InChI is InChI=1S/C19H25FN4O4S/c1-13(25)4-5-22-6-8-23(9-7-22)17-3-2-14(10-16(17)20)24-12-15(28-19(24)27)11-21-18(26)29/h2-3,10,15H,4-9,11-12H2,1H3,(H2,21,26,29). The van der Waals surface area contributed by atoms with Gasteiger partial charge in [0.2, 0.25) is 0 Å². The highest BCUT2D eigenvalue weighted by Crippen LogP contribution is 2.28. The molecule has 2 fully saturated rings. The van der Waals surface area contributed by atoms with Crippen molar-refractivity contribution in [3.05, 3.63) is 24.0 Å². The largest absolute Gasteiger partial charge is 0.487 e. The third-order valence-corrected chi connectivity index (χ3v) is 5.24. The minimum atomic E-state index is -0.563. The van der Waals surface area contributed by atoms with Gasteiger partial charge in [-0.1, -0.05) is 0 Å². The number of nitrogens with zero attached hydrogens (tertiary/aromatic N) is 3. The predicted molar refractivity (Wildman–Crippen MR) is 111 cm³/mol. The number of carbonyl (C=O) groups is 2. The minimum Gasteiger partial charge on any atom is -0.487 e. The summed E-state index contributed by atoms with van der Waals surface area (Å²) in [6.45, 7) is 5.64. The van der Waals surface area contributed by atoms with E-state index in [0.717, 1.165) is 19.6 Å². The molecule has 8 nitrogen and oxygen atoms in total. The summed E-state index contributed by atoms with van der Waals surface area (Å²) in [6.07, 6.45) is -0.513. The van der Waals surface area contributed by atoms with Gasteiger partial charge in [0.15, 0.2) is 0 Å². The molecule has 2 aliphatic heterocycles. The van der Waals surface area contributed by atoms with Crippen molar-refractivity contribution in [1.82, 2.24) is 10.2 Å². The first-order valence-corrected chi connectivity index (χ1v) is 9.95. The third kappa shape index (κ3) is 5.54. The molecule has 29 heavy (non-hydrogen) atoms. The first-order valence-electron chi connectivity index (χ1n) is 9.54. The predicted octanol–water partition coefficient (Wildman–Crippen LogP) is 1.68. The van der Waals surface area contributed by atoms with Gasteiger partial charge >= 0.3 is 6.09 Å². The highest BCUT2D eigenvalue weighted by molar-refractivity contribution is 7.79. The fraction of sp³-hybridized carbons (Fsp3) is 0.526. The molecular formula is C19H25FN4O4S. The van der Waals surface area contributed by atoms with E-state index in [9.17, 15) is 14.0 Å². The molecular weight excluding hydrogens is 399 g/mol. The van der Waals surface area contributed by atoms with Crippen LogP contribution < -0.4 is 15.1 Å². The van der Waals surface area contributed by atoms with Crippen LogP contribution >= 0.6 is 12.2 Å². The lowest BCUT2D eigenvalue weighted by Crippen LogP contribution is -2.47. The van der Waals surface area contributed by atoms with E-state index in [1.807, 2.05) is 4.90 Å². The van der Waals surface area contributed by atoms with Gasteiger partial charge in [-0.3, -0.25) is 14.6 Å². The van der Waals surface area contributed by atoms with E-state index < -0.39 is 18.0 Å². The molecule has 1 atom stereocenters. The van der Waals surface area contributed by atoms with Gasteiger partial charge in [-0.15, -0.1) is 0 Å². The number of ketones is 1. The monoisotopic (exact) mass is 424 g/mol. The van der Waals surface area contributed by atoms with Gasteiger partial charge in [0.05, 0.1) is 24.5 Å². The molecule has 2 N–H and O–H groups in total. The zero-order valence-electron chi connectivity index (χ0n) is 16.3. The van der Waals surface area contributed by atoms with Gasteiger partial charge in [0, 0.05) is 39.1 Å². The van der Waals surface area contributed by atoms with Crippen LogP contribution in [0.25, 0.3) is 0 Å². The Morgan fingerprint density at radius 3 is 2.69 bits per heavy atom. The number of piperazine rings is 1. The number of benzene rings is 1. The van der Waals surface area contributed by atoms with Crippen LogP contribution in [0.5, 0.6) is 0 Å². The van der Waals surface area contributed by atoms with Gasteiger partial charge in [-0.2, -0.15) is 0 Å². The molecule has 0 aliphatic carbocycles. The van der Waals surface area contributed by atoms with E-state index in [2.05, 4.69) is 22.4 Å². The zero-order chi connectivity index (χ0) is 21.0. The Labute approximate surface area is 174 Å². The molecule has 0 radical (unpaired) electrons. The van der Waals surface area contributed by atoms with Crippen LogP contribution in [0.2, 0.25) is 0 Å². The molecule has 2 aliphatic rings. The Bertz CT molecular complexity index is 785. The number of ether oxygens (including phenoxy) is 1. The zero-order valence-corrected chi connectivity index (χ0v) is 17.1. The van der Waals surface area contributed by atoms with Crippen molar-refractivity contribution in [3.63, 3.8) is 0 Å². The summed E-state index contributed by atoms with van der Waals surface area (Å²) < 4.78 is 20.0. The highest BCUT2D eigenvalue weighted by atomic mass is 32.1. The van der Waals surface area contributed by atoms with Crippen molar-refractivity contribution in [1.29, 1.82) is 0 Å². The van der Waals surface area contributed by atoms with Gasteiger partial charge in [-0.25, -0.2) is 9.18 Å². The Kier molecular flexibility index (Phi) is 6.86. The van der Waals surface area contributed by atoms with Crippen molar-refractivity contribution < 1.29 is 23.8 Å². The molecule has 1 amide bonds. The number of rotatable bonds is 7. The van der Waals surface area contributed by atoms with E-state index in [-0.39, 0.29) is 24.0 Å². The summed E-state index contributed by atoms with van der Waals surface area (Å²) in [5, 5.41) is 11.2. The maximum Gasteiger partial charge on any atom is 0.414 e. The van der Waals surface area contributed by atoms with Crippen LogP contribution in [0, 0.1) is 5.82 Å². The molecule has 1 aromatic rings. The number of amides is 1. The summed E-state index contributed by atoms with van der Waals surface area (Å²) in [4.78, 5) is 28.8. The molecule has 0 saturated carbocycles. The summed E-state index contributed by atoms with van der Waals surface area (Å²) in [7, 11) is 0. The summed E-state index contributed by atoms with van der Waals surface area (Å²) in [5.74, 6) is -0.225. The number of Topliss-reactive ketones (excluding diaryl/α,β-unsaturated/α-hetero) is 1. The quantitative estimate of drug-likeness (QED) is 0.640. The summed E-state index contributed by atoms with van der Waals surface area (Å²) in [6, 6.07) is 4.72. The van der Waals surface area contributed by atoms with Gasteiger partial charge < -0.3 is 20.1 Å². The number of aliphatic hydroxyl groups excluding tert-OH is 1. The Morgan fingerprint density at radius 2 is 2.07 bits per heavy atom. The van der Waals surface area contributed by atoms with Gasteiger partial charge in [0.1, 0.15) is 17.7 Å². The van der Waals surface area contributed by atoms with Crippen LogP contribution in [0.15, 0.2) is 18.2 Å². The molecule has 10 heteroatoms. The van der Waals surface area contributed by atoms with Crippen molar-refractivity contribution in [2.24, 2.45) is 0 Å². The van der Waals surface area contributed by atoms with Crippen LogP contribution in [0.4, 0.5) is 20.6 Å². The normalized spacial score (nSPS) is 19.9. The first-order chi connectivity index (χ1) is 13.8. The fourth-order valence-corrected chi connectivity index (χ4v) is 3.57. The number of nitrogens with one attached hydrogen (secondary N) is 1. The topological polar surface area (TPSA) is 85.4 Å². The second-order valence-corrected chi connectivity index (χ2v) is 7.61. The van der Waals surface area contributed by atoms with Crippen molar-refractivity contribution in [3.8, 4) is 0 Å². The smallest absolute Gasteiger partial charge is 0.414 e. The lowest BCUT2D eigenvalue weighted by atomic mass is 10.2.